The van der Waals surface area contributed by atoms with Gasteiger partial charge in [-0.3, -0.25) is 9.78 Å². The van der Waals surface area contributed by atoms with Gasteiger partial charge in [-0.1, -0.05) is 5.21 Å². The van der Waals surface area contributed by atoms with Crippen molar-refractivity contribution in [1.29, 1.82) is 0 Å². The van der Waals surface area contributed by atoms with E-state index in [2.05, 4.69) is 20.6 Å². The van der Waals surface area contributed by atoms with Crippen LogP contribution < -0.4 is 15.0 Å². The molecule has 1 aromatic carbocycles. The van der Waals surface area contributed by atoms with Gasteiger partial charge in [0.15, 0.2) is 0 Å². The number of halogens is 1. The molecule has 0 bridgehead atoms. The summed E-state index contributed by atoms with van der Waals surface area (Å²) >= 11 is 0. The highest BCUT2D eigenvalue weighted by Gasteiger charge is 2.28. The Bertz CT molecular complexity index is 1140. The minimum atomic E-state index is -0.319. The molecule has 0 spiro atoms. The van der Waals surface area contributed by atoms with Crippen molar-refractivity contribution in [3.8, 4) is 5.75 Å². The van der Waals surface area contributed by atoms with Gasteiger partial charge in [0, 0.05) is 24.5 Å². The Hall–Kier alpha value is -3.14. The molecule has 1 aliphatic rings. The van der Waals surface area contributed by atoms with Gasteiger partial charge in [-0.15, -0.1) is 5.10 Å². The number of aryl methyl sites for hydroxylation is 3. The summed E-state index contributed by atoms with van der Waals surface area (Å²) < 4.78 is 20.6. The smallest absolute Gasteiger partial charge is 0.246 e. The van der Waals surface area contributed by atoms with Crippen LogP contribution in [0.5, 0.6) is 5.75 Å². The summed E-state index contributed by atoms with van der Waals surface area (Å²) in [5.41, 5.74) is 4.97. The second-order valence-electron chi connectivity index (χ2n) is 7.73. The lowest BCUT2D eigenvalue weighted by atomic mass is 10.1. The molecule has 1 N–H and O–H groups in total. The van der Waals surface area contributed by atoms with Crippen LogP contribution in [-0.2, 0) is 24.2 Å². The number of fused-ring (bicyclic) bond motifs is 1. The Balaban J connectivity index is 0.00000289. The predicted molar refractivity (Wildman–Crippen MR) is 125 cm³/mol. The third-order valence-electron chi connectivity index (χ3n) is 5.62. The Morgan fingerprint density at radius 3 is 2.72 bits per heavy atom. The molecule has 10 heteroatoms. The number of nitrogens with zero attached hydrogens (tertiary/aromatic N) is 5. The van der Waals surface area contributed by atoms with Crippen LogP contribution in [0.15, 0.2) is 30.5 Å². The number of aromatic nitrogens is 4. The minimum absolute atomic E-state index is 0. The molecule has 1 amide bonds. The molecule has 0 saturated carbocycles. The number of carbonyl (C=O) groups is 1. The van der Waals surface area contributed by atoms with Gasteiger partial charge in [0.05, 0.1) is 36.4 Å². The highest BCUT2D eigenvalue weighted by Crippen LogP contribution is 2.33. The number of ether oxygens (including phenoxy) is 1. The van der Waals surface area contributed by atoms with Gasteiger partial charge >= 0.3 is 0 Å². The zero-order valence-corrected chi connectivity index (χ0v) is 19.5. The molecule has 4 rings (SSSR count). The van der Waals surface area contributed by atoms with Crippen LogP contribution in [0.3, 0.4) is 0 Å². The molecular weight excluding hydrogens is 431 g/mol. The Kier molecular flexibility index (Phi) is 7.02. The van der Waals surface area contributed by atoms with Crippen molar-refractivity contribution in [3.05, 3.63) is 58.9 Å². The molecule has 8 nitrogen and oxygen atoms in total. The monoisotopic (exact) mass is 458 g/mol. The number of methoxy groups -OCH3 is 1. The number of likely N-dealkylation sites (N-methyl/N-ethyl adjacent to an activating group) is 1. The van der Waals surface area contributed by atoms with E-state index in [4.69, 9.17) is 4.74 Å². The predicted octanol–water partition coefficient (Wildman–Crippen LogP) is 2.85. The number of anilines is 2. The molecule has 170 valence electrons. The van der Waals surface area contributed by atoms with E-state index in [1.807, 2.05) is 38.1 Å². The number of hydrogen-bond acceptors (Lipinski definition) is 6. The largest absolute Gasteiger partial charge is 0.496 e. The maximum atomic E-state index is 13.6. The lowest BCUT2D eigenvalue weighted by Gasteiger charge is -2.34. The van der Waals surface area contributed by atoms with E-state index in [1.54, 1.807) is 17.9 Å². The number of hydrogen-bond donors (Lipinski definition) is 1. The van der Waals surface area contributed by atoms with Gasteiger partial charge in [0.25, 0.3) is 0 Å². The zero-order valence-electron chi connectivity index (χ0n) is 18.5. The van der Waals surface area contributed by atoms with Gasteiger partial charge in [-0.2, -0.15) is 13.5 Å². The van der Waals surface area contributed by atoms with Crippen LogP contribution in [0.2, 0.25) is 0 Å². The molecular formula is C22H27FN6O2S. The van der Waals surface area contributed by atoms with Crippen LogP contribution in [0.1, 0.15) is 29.6 Å². The average molecular weight is 459 g/mol. The Morgan fingerprint density at radius 1 is 1.22 bits per heavy atom. The number of pyridine rings is 1. The summed E-state index contributed by atoms with van der Waals surface area (Å²) in [4.78, 5) is 18.7. The highest BCUT2D eigenvalue weighted by atomic mass is 32.1. The molecule has 0 saturated heterocycles. The molecule has 32 heavy (non-hydrogen) atoms. The van der Waals surface area contributed by atoms with Crippen LogP contribution in [0.4, 0.5) is 15.8 Å². The lowest BCUT2D eigenvalue weighted by molar-refractivity contribution is -0.117. The zero-order chi connectivity index (χ0) is 22.1. The standard InChI is InChI=1S/C22H25FN6O2.H2S/c1-13-21-19(28(3)14(2)22(30)25-21)10-17(24-13)6-7-18-12-29(27-26-18)11-15-9-16(23)5-8-20(15)31-4;/h5,8-10,12,14H,6-7,11H2,1-4H3,(H,25,30);1H2/t14-;/m0./s1. The van der Waals surface area contributed by atoms with E-state index in [1.165, 1.54) is 12.1 Å². The summed E-state index contributed by atoms with van der Waals surface area (Å²) in [6.45, 7) is 4.14. The maximum Gasteiger partial charge on any atom is 0.246 e. The fourth-order valence-corrected chi connectivity index (χ4v) is 3.72. The fourth-order valence-electron chi connectivity index (χ4n) is 3.72. The van der Waals surface area contributed by atoms with E-state index < -0.39 is 0 Å². The molecule has 1 atom stereocenters. The Morgan fingerprint density at radius 2 is 1.97 bits per heavy atom. The molecule has 0 unspecified atom stereocenters. The van der Waals surface area contributed by atoms with E-state index in [9.17, 15) is 9.18 Å². The van der Waals surface area contributed by atoms with Gasteiger partial charge in [0.2, 0.25) is 5.91 Å². The molecule has 2 aromatic heterocycles. The molecule has 3 aromatic rings. The van der Waals surface area contributed by atoms with Crippen molar-refractivity contribution in [2.75, 3.05) is 24.4 Å². The number of carbonyl (C=O) groups excluding carboxylic acids is 1. The maximum absolute atomic E-state index is 13.6. The van der Waals surface area contributed by atoms with Crippen molar-refractivity contribution in [2.24, 2.45) is 0 Å². The summed E-state index contributed by atoms with van der Waals surface area (Å²) in [7, 11) is 3.47. The third kappa shape index (κ3) is 4.69. The summed E-state index contributed by atoms with van der Waals surface area (Å²) in [6.07, 6.45) is 3.20. The average Bonchev–Trinajstić information content (AvgIpc) is 3.19. The van der Waals surface area contributed by atoms with Crippen LogP contribution >= 0.6 is 13.5 Å². The number of rotatable bonds is 6. The van der Waals surface area contributed by atoms with E-state index in [-0.39, 0.29) is 31.3 Å². The van der Waals surface area contributed by atoms with Crippen LogP contribution in [-0.4, -0.2) is 46.1 Å². The number of amides is 1. The first-order valence-corrected chi connectivity index (χ1v) is 10.1. The molecule has 0 fully saturated rings. The van der Waals surface area contributed by atoms with Crippen molar-refractivity contribution >= 4 is 30.8 Å². The van der Waals surface area contributed by atoms with Crippen LogP contribution in [0.25, 0.3) is 0 Å². The third-order valence-corrected chi connectivity index (χ3v) is 5.62. The number of nitrogens with one attached hydrogen (secondary N) is 1. The van der Waals surface area contributed by atoms with E-state index >= 15 is 0 Å². The van der Waals surface area contributed by atoms with Crippen molar-refractivity contribution in [1.82, 2.24) is 20.0 Å². The first-order valence-electron chi connectivity index (χ1n) is 10.1. The quantitative estimate of drug-likeness (QED) is 0.612. The van der Waals surface area contributed by atoms with E-state index in [0.717, 1.165) is 28.5 Å². The first-order chi connectivity index (χ1) is 14.9. The van der Waals surface area contributed by atoms with Crippen molar-refractivity contribution < 1.29 is 13.9 Å². The lowest BCUT2D eigenvalue weighted by Crippen LogP contribution is -2.44. The molecule has 0 aliphatic carbocycles. The number of benzene rings is 1. The topological polar surface area (TPSA) is 85.2 Å². The van der Waals surface area contributed by atoms with Crippen molar-refractivity contribution in [2.45, 2.75) is 39.3 Å². The SMILES string of the molecule is COc1ccc(F)cc1Cn1cc(CCc2cc3c(c(C)n2)NC(=O)[C@H](C)N3C)nn1.S. The minimum Gasteiger partial charge on any atom is -0.496 e. The first kappa shape index (κ1) is 23.5. The normalized spacial score (nSPS) is 15.1. The second kappa shape index (κ2) is 9.56. The second-order valence-corrected chi connectivity index (χ2v) is 7.73. The Labute approximate surface area is 193 Å². The summed E-state index contributed by atoms with van der Waals surface area (Å²) in [5, 5.41) is 11.3. The van der Waals surface area contributed by atoms with Crippen LogP contribution in [0, 0.1) is 12.7 Å². The van der Waals surface area contributed by atoms with Crippen molar-refractivity contribution in [3.63, 3.8) is 0 Å². The van der Waals surface area contributed by atoms with E-state index in [0.29, 0.717) is 30.7 Å². The fraction of sp³-hybridized carbons (Fsp3) is 0.364. The highest BCUT2D eigenvalue weighted by molar-refractivity contribution is 7.59. The molecule has 3 heterocycles. The summed E-state index contributed by atoms with van der Waals surface area (Å²) in [6, 6.07) is 6.19. The summed E-state index contributed by atoms with van der Waals surface area (Å²) in [5.74, 6) is 0.261. The van der Waals surface area contributed by atoms with Gasteiger partial charge < -0.3 is 15.0 Å². The molecule has 1 aliphatic heterocycles. The molecule has 0 radical (unpaired) electrons. The van der Waals surface area contributed by atoms with Gasteiger partial charge in [-0.25, -0.2) is 9.07 Å². The van der Waals surface area contributed by atoms with Gasteiger partial charge in [0.1, 0.15) is 17.6 Å². The van der Waals surface area contributed by atoms with Gasteiger partial charge in [-0.05, 0) is 51.0 Å².